The molecule has 0 atom stereocenters. The van der Waals surface area contributed by atoms with Crippen LogP contribution in [0, 0.1) is 0 Å². The van der Waals surface area contributed by atoms with Crippen LogP contribution in [0.5, 0.6) is 0 Å². The molecule has 6 heteroatoms. The Labute approximate surface area is 111 Å². The number of rotatable bonds is 8. The van der Waals surface area contributed by atoms with Gasteiger partial charge in [-0.15, -0.1) is 0 Å². The molecular formula is C13H17NO5. The van der Waals surface area contributed by atoms with Gasteiger partial charge in [0.05, 0.1) is 6.61 Å². The Morgan fingerprint density at radius 3 is 2.42 bits per heavy atom. The van der Waals surface area contributed by atoms with E-state index in [9.17, 15) is 9.59 Å². The second kappa shape index (κ2) is 8.23. The maximum Gasteiger partial charge on any atom is 0.329 e. The first-order valence-corrected chi connectivity index (χ1v) is 5.85. The van der Waals surface area contributed by atoms with Crippen LogP contribution in [0.1, 0.15) is 5.56 Å². The average molecular weight is 267 g/mol. The minimum absolute atomic E-state index is 0.155. The lowest BCUT2D eigenvalue weighted by molar-refractivity contribution is -0.146. The lowest BCUT2D eigenvalue weighted by Gasteiger charge is -2.21. The Bertz CT molecular complexity index is 407. The molecule has 1 aromatic rings. The maximum atomic E-state index is 11.8. The Morgan fingerprint density at radius 2 is 1.84 bits per heavy atom. The molecule has 0 saturated heterocycles. The number of hydrogen-bond donors (Lipinski definition) is 2. The summed E-state index contributed by atoms with van der Waals surface area (Å²) in [6.07, 6.45) is 0. The minimum Gasteiger partial charge on any atom is -0.480 e. The molecule has 19 heavy (non-hydrogen) atoms. The van der Waals surface area contributed by atoms with E-state index in [2.05, 4.69) is 0 Å². The summed E-state index contributed by atoms with van der Waals surface area (Å²) in [6.45, 7) is -0.429. The topological polar surface area (TPSA) is 87.1 Å². The third-order valence-electron chi connectivity index (χ3n) is 2.39. The fourth-order valence-electron chi connectivity index (χ4n) is 1.53. The van der Waals surface area contributed by atoms with Gasteiger partial charge in [0, 0.05) is 13.1 Å². The molecule has 0 fully saturated rings. The SMILES string of the molecule is O=C(O)COCC(=O)N(CCO)Cc1ccccc1. The number of aliphatic hydroxyl groups is 1. The van der Waals surface area contributed by atoms with E-state index in [0.717, 1.165) is 5.56 Å². The Morgan fingerprint density at radius 1 is 1.16 bits per heavy atom. The van der Waals surface area contributed by atoms with Crippen molar-refractivity contribution in [1.29, 1.82) is 0 Å². The number of carbonyl (C=O) groups is 2. The monoisotopic (exact) mass is 267 g/mol. The molecule has 2 N–H and O–H groups in total. The van der Waals surface area contributed by atoms with E-state index >= 15 is 0 Å². The second-order valence-electron chi connectivity index (χ2n) is 3.91. The lowest BCUT2D eigenvalue weighted by atomic mass is 10.2. The highest BCUT2D eigenvalue weighted by Crippen LogP contribution is 2.04. The van der Waals surface area contributed by atoms with Crippen molar-refractivity contribution in [2.75, 3.05) is 26.4 Å². The van der Waals surface area contributed by atoms with Crippen LogP contribution in [-0.4, -0.2) is 53.4 Å². The third-order valence-corrected chi connectivity index (χ3v) is 2.39. The molecule has 0 bridgehead atoms. The zero-order chi connectivity index (χ0) is 14.1. The summed E-state index contributed by atoms with van der Waals surface area (Å²) in [5, 5.41) is 17.4. The van der Waals surface area contributed by atoms with Gasteiger partial charge in [-0.05, 0) is 5.56 Å². The van der Waals surface area contributed by atoms with Gasteiger partial charge in [0.15, 0.2) is 0 Å². The number of carboxylic acids is 1. The van der Waals surface area contributed by atoms with Crippen LogP contribution >= 0.6 is 0 Å². The van der Waals surface area contributed by atoms with Crippen molar-refractivity contribution < 1.29 is 24.5 Å². The van der Waals surface area contributed by atoms with Gasteiger partial charge in [-0.25, -0.2) is 4.79 Å². The average Bonchev–Trinajstić information content (AvgIpc) is 2.39. The van der Waals surface area contributed by atoms with Crippen molar-refractivity contribution in [2.24, 2.45) is 0 Å². The van der Waals surface area contributed by atoms with Gasteiger partial charge in [-0.1, -0.05) is 30.3 Å². The molecule has 0 aliphatic rings. The van der Waals surface area contributed by atoms with Crippen LogP contribution in [0.25, 0.3) is 0 Å². The van der Waals surface area contributed by atoms with E-state index in [4.69, 9.17) is 14.9 Å². The zero-order valence-corrected chi connectivity index (χ0v) is 10.5. The van der Waals surface area contributed by atoms with Gasteiger partial charge in [-0.2, -0.15) is 0 Å². The summed E-state index contributed by atoms with van der Waals surface area (Å²) in [6, 6.07) is 9.33. The molecule has 6 nitrogen and oxygen atoms in total. The van der Waals surface area contributed by atoms with Crippen LogP contribution in [0.4, 0.5) is 0 Å². The molecule has 0 spiro atoms. The smallest absolute Gasteiger partial charge is 0.329 e. The molecule has 0 aliphatic carbocycles. The standard InChI is InChI=1S/C13H17NO5/c15-7-6-14(8-11-4-2-1-3-5-11)12(16)9-19-10-13(17)18/h1-5,15H,6-10H2,(H,17,18). The number of carbonyl (C=O) groups excluding carboxylic acids is 1. The first-order chi connectivity index (χ1) is 9.13. The van der Waals surface area contributed by atoms with Crippen molar-refractivity contribution >= 4 is 11.9 Å². The summed E-state index contributed by atoms with van der Waals surface area (Å²) in [5.74, 6) is -1.47. The van der Waals surface area contributed by atoms with Crippen LogP contribution in [-0.2, 0) is 20.9 Å². The summed E-state index contributed by atoms with van der Waals surface area (Å²) in [4.78, 5) is 23.5. The summed E-state index contributed by atoms with van der Waals surface area (Å²) < 4.78 is 4.75. The minimum atomic E-state index is -1.12. The van der Waals surface area contributed by atoms with E-state index in [1.165, 1.54) is 4.90 Å². The first-order valence-electron chi connectivity index (χ1n) is 5.85. The predicted molar refractivity (Wildman–Crippen MR) is 67.4 cm³/mol. The summed E-state index contributed by atoms with van der Waals surface area (Å²) >= 11 is 0. The molecule has 0 aromatic heterocycles. The van der Waals surface area contributed by atoms with Crippen LogP contribution in [0.15, 0.2) is 30.3 Å². The van der Waals surface area contributed by atoms with Crippen LogP contribution in [0.3, 0.4) is 0 Å². The number of nitrogens with zero attached hydrogens (tertiary/aromatic N) is 1. The summed E-state index contributed by atoms with van der Waals surface area (Å²) in [7, 11) is 0. The molecule has 1 aromatic carbocycles. The normalized spacial score (nSPS) is 10.2. The first kappa shape index (κ1) is 15.1. The number of ether oxygens (including phenoxy) is 1. The van der Waals surface area contributed by atoms with Crippen molar-refractivity contribution in [2.45, 2.75) is 6.54 Å². The van der Waals surface area contributed by atoms with Gasteiger partial charge >= 0.3 is 5.97 Å². The molecule has 104 valence electrons. The van der Waals surface area contributed by atoms with Crippen LogP contribution < -0.4 is 0 Å². The van der Waals surface area contributed by atoms with Gasteiger partial charge in [0.2, 0.25) is 5.91 Å². The molecule has 1 rings (SSSR count). The number of amides is 1. The second-order valence-corrected chi connectivity index (χ2v) is 3.91. The molecule has 0 saturated carbocycles. The highest BCUT2D eigenvalue weighted by molar-refractivity contribution is 5.78. The zero-order valence-electron chi connectivity index (χ0n) is 10.5. The van der Waals surface area contributed by atoms with E-state index < -0.39 is 12.6 Å². The molecule has 0 radical (unpaired) electrons. The van der Waals surface area contributed by atoms with Crippen LogP contribution in [0.2, 0.25) is 0 Å². The highest BCUT2D eigenvalue weighted by atomic mass is 16.5. The van der Waals surface area contributed by atoms with Gasteiger partial charge < -0.3 is 19.8 Å². The van der Waals surface area contributed by atoms with E-state index in [-0.39, 0.29) is 25.7 Å². The van der Waals surface area contributed by atoms with Gasteiger partial charge in [-0.3, -0.25) is 4.79 Å². The third kappa shape index (κ3) is 5.98. The number of hydrogen-bond acceptors (Lipinski definition) is 4. The molecule has 0 aliphatic heterocycles. The largest absolute Gasteiger partial charge is 0.480 e. The number of benzene rings is 1. The summed E-state index contributed by atoms with van der Waals surface area (Å²) in [5.41, 5.74) is 0.933. The quantitative estimate of drug-likeness (QED) is 0.698. The van der Waals surface area contributed by atoms with Crippen molar-refractivity contribution in [3.8, 4) is 0 Å². The van der Waals surface area contributed by atoms with Crippen molar-refractivity contribution in [3.05, 3.63) is 35.9 Å². The number of carboxylic acid groups (broad SMARTS) is 1. The molecular weight excluding hydrogens is 250 g/mol. The molecule has 1 amide bonds. The Kier molecular flexibility index (Phi) is 6.56. The van der Waals surface area contributed by atoms with Gasteiger partial charge in [0.1, 0.15) is 13.2 Å². The number of aliphatic carboxylic acids is 1. The fourth-order valence-corrected chi connectivity index (χ4v) is 1.53. The Hall–Kier alpha value is -1.92. The molecule has 0 heterocycles. The fraction of sp³-hybridized carbons (Fsp3) is 0.385. The van der Waals surface area contributed by atoms with Crippen molar-refractivity contribution in [1.82, 2.24) is 4.90 Å². The maximum absolute atomic E-state index is 11.8. The van der Waals surface area contributed by atoms with Crippen molar-refractivity contribution in [3.63, 3.8) is 0 Å². The number of aliphatic hydroxyl groups excluding tert-OH is 1. The lowest BCUT2D eigenvalue weighted by Crippen LogP contribution is -2.36. The van der Waals surface area contributed by atoms with E-state index in [1.807, 2.05) is 30.3 Å². The van der Waals surface area contributed by atoms with E-state index in [0.29, 0.717) is 6.54 Å². The Balaban J connectivity index is 2.51. The predicted octanol–water partition coefficient (Wildman–Crippen LogP) is 0.109. The highest BCUT2D eigenvalue weighted by Gasteiger charge is 2.14. The van der Waals surface area contributed by atoms with Gasteiger partial charge in [0.25, 0.3) is 0 Å². The molecule has 0 unspecified atom stereocenters. The van der Waals surface area contributed by atoms with E-state index in [1.54, 1.807) is 0 Å².